The summed E-state index contributed by atoms with van der Waals surface area (Å²) in [6.45, 7) is 2.18. The van der Waals surface area contributed by atoms with Gasteiger partial charge in [0, 0.05) is 28.2 Å². The van der Waals surface area contributed by atoms with Gasteiger partial charge < -0.3 is 19.7 Å². The molecule has 0 atom stereocenters. The lowest BCUT2D eigenvalue weighted by Gasteiger charge is -2.32. The summed E-state index contributed by atoms with van der Waals surface area (Å²) in [6, 6.07) is 12.4. The van der Waals surface area contributed by atoms with Gasteiger partial charge in [0.25, 0.3) is 11.5 Å². The average Bonchev–Trinajstić information content (AvgIpc) is 2.76. The molecule has 0 unspecified atom stereocenters. The van der Waals surface area contributed by atoms with Crippen LogP contribution in [0.2, 0.25) is 0 Å². The van der Waals surface area contributed by atoms with Crippen LogP contribution in [0, 0.1) is 6.92 Å². The fourth-order valence-corrected chi connectivity index (χ4v) is 4.45. The molecular formula is C25H28N2O4. The monoisotopic (exact) mass is 420 g/mol. The Kier molecular flexibility index (Phi) is 5.83. The summed E-state index contributed by atoms with van der Waals surface area (Å²) >= 11 is 0. The summed E-state index contributed by atoms with van der Waals surface area (Å²) in [5, 5.41) is 15.0. The third kappa shape index (κ3) is 4.35. The largest absolute Gasteiger partial charge is 0.496 e. The maximum Gasteiger partial charge on any atom is 0.258 e. The van der Waals surface area contributed by atoms with Crippen LogP contribution >= 0.6 is 0 Å². The van der Waals surface area contributed by atoms with Gasteiger partial charge in [-0.15, -0.1) is 0 Å². The number of rotatable bonds is 5. The van der Waals surface area contributed by atoms with E-state index in [1.807, 2.05) is 13.0 Å². The van der Waals surface area contributed by atoms with Crippen molar-refractivity contribution in [1.82, 2.24) is 4.57 Å². The van der Waals surface area contributed by atoms with Gasteiger partial charge in [0.05, 0.1) is 19.3 Å². The molecule has 6 heteroatoms. The van der Waals surface area contributed by atoms with E-state index in [1.54, 1.807) is 54.3 Å². The normalized spacial score (nSPS) is 15.6. The standard InChI is InChI=1S/C25H28N2O4/c1-17-15-18(9-10-22(17)31-2)23(28)26-21-8-6-7-20-19(21)11-14-27(24(20)29)16-25(30)12-4-3-5-13-25/h6-11,14-15,30H,3-5,12-13,16H2,1-2H3,(H,26,28). The number of anilines is 1. The molecule has 2 N–H and O–H groups in total. The molecule has 0 saturated heterocycles. The molecule has 1 fully saturated rings. The molecule has 6 nitrogen and oxygen atoms in total. The van der Waals surface area contributed by atoms with Gasteiger partial charge in [0.1, 0.15) is 5.75 Å². The summed E-state index contributed by atoms with van der Waals surface area (Å²) in [4.78, 5) is 25.9. The Labute approximate surface area is 181 Å². The number of pyridine rings is 1. The lowest BCUT2D eigenvalue weighted by atomic mass is 9.85. The number of carbonyl (C=O) groups is 1. The highest BCUT2D eigenvalue weighted by atomic mass is 16.5. The summed E-state index contributed by atoms with van der Waals surface area (Å²) < 4.78 is 6.84. The second kappa shape index (κ2) is 8.55. The second-order valence-electron chi connectivity index (χ2n) is 8.44. The quantitative estimate of drug-likeness (QED) is 0.646. The van der Waals surface area contributed by atoms with Crippen molar-refractivity contribution in [3.05, 3.63) is 70.1 Å². The molecule has 31 heavy (non-hydrogen) atoms. The first-order valence-electron chi connectivity index (χ1n) is 10.7. The Hall–Kier alpha value is -3.12. The number of aryl methyl sites for hydroxylation is 1. The molecule has 1 saturated carbocycles. The highest BCUT2D eigenvalue weighted by Crippen LogP contribution is 2.30. The van der Waals surface area contributed by atoms with Crippen molar-refractivity contribution < 1.29 is 14.6 Å². The first-order chi connectivity index (χ1) is 14.9. The van der Waals surface area contributed by atoms with Crippen LogP contribution in [0.25, 0.3) is 10.8 Å². The van der Waals surface area contributed by atoms with Crippen LogP contribution in [-0.2, 0) is 6.54 Å². The van der Waals surface area contributed by atoms with E-state index < -0.39 is 5.60 Å². The lowest BCUT2D eigenvalue weighted by Crippen LogP contribution is -2.39. The molecule has 0 spiro atoms. The number of methoxy groups -OCH3 is 1. The number of aliphatic hydroxyl groups is 1. The van der Waals surface area contributed by atoms with Crippen molar-refractivity contribution in [2.45, 2.75) is 51.2 Å². The zero-order valence-electron chi connectivity index (χ0n) is 18.0. The number of aromatic nitrogens is 1. The minimum Gasteiger partial charge on any atom is -0.496 e. The van der Waals surface area contributed by atoms with Crippen molar-refractivity contribution in [2.75, 3.05) is 12.4 Å². The number of benzene rings is 2. The molecule has 1 amide bonds. The third-order valence-corrected chi connectivity index (χ3v) is 6.17. The molecular weight excluding hydrogens is 392 g/mol. The number of nitrogens with zero attached hydrogens (tertiary/aromatic N) is 1. The molecule has 1 aromatic heterocycles. The summed E-state index contributed by atoms with van der Waals surface area (Å²) in [7, 11) is 1.60. The Morgan fingerprint density at radius 3 is 2.61 bits per heavy atom. The van der Waals surface area contributed by atoms with E-state index in [1.165, 1.54) is 0 Å². The third-order valence-electron chi connectivity index (χ3n) is 6.17. The van der Waals surface area contributed by atoms with Crippen molar-refractivity contribution in [3.8, 4) is 5.75 Å². The van der Waals surface area contributed by atoms with E-state index in [9.17, 15) is 14.7 Å². The Morgan fingerprint density at radius 2 is 1.90 bits per heavy atom. The van der Waals surface area contributed by atoms with Crippen molar-refractivity contribution in [1.29, 1.82) is 0 Å². The molecule has 1 aliphatic rings. The van der Waals surface area contributed by atoms with E-state index >= 15 is 0 Å². The molecule has 0 bridgehead atoms. The van der Waals surface area contributed by atoms with Gasteiger partial charge in [0.15, 0.2) is 0 Å². The number of fused-ring (bicyclic) bond motifs is 1. The second-order valence-corrected chi connectivity index (χ2v) is 8.44. The smallest absolute Gasteiger partial charge is 0.258 e. The maximum absolute atomic E-state index is 13.1. The topological polar surface area (TPSA) is 80.6 Å². The van der Waals surface area contributed by atoms with Crippen LogP contribution in [0.1, 0.15) is 48.0 Å². The molecule has 3 aromatic rings. The highest BCUT2D eigenvalue weighted by Gasteiger charge is 2.30. The predicted octanol–water partition coefficient (Wildman–Crippen LogP) is 4.27. The first-order valence-corrected chi connectivity index (χ1v) is 10.7. The molecule has 1 aliphatic carbocycles. The molecule has 162 valence electrons. The molecule has 1 heterocycles. The van der Waals surface area contributed by atoms with E-state index in [2.05, 4.69) is 5.32 Å². The van der Waals surface area contributed by atoms with Crippen molar-refractivity contribution in [3.63, 3.8) is 0 Å². The fourth-order valence-electron chi connectivity index (χ4n) is 4.45. The Morgan fingerprint density at radius 1 is 1.13 bits per heavy atom. The summed E-state index contributed by atoms with van der Waals surface area (Å²) in [5.41, 5.74) is 0.984. The van der Waals surface area contributed by atoms with Gasteiger partial charge in [-0.2, -0.15) is 0 Å². The van der Waals surface area contributed by atoms with Crippen LogP contribution in [0.3, 0.4) is 0 Å². The van der Waals surface area contributed by atoms with Crippen molar-refractivity contribution in [2.24, 2.45) is 0 Å². The van der Waals surface area contributed by atoms with E-state index in [4.69, 9.17) is 4.74 Å². The highest BCUT2D eigenvalue weighted by molar-refractivity contribution is 6.09. The minimum atomic E-state index is -0.826. The van der Waals surface area contributed by atoms with E-state index in [0.717, 1.165) is 43.4 Å². The fraction of sp³-hybridized carbons (Fsp3) is 0.360. The summed E-state index contributed by atoms with van der Waals surface area (Å²) in [5.74, 6) is 0.473. The van der Waals surface area contributed by atoms with Crippen molar-refractivity contribution >= 4 is 22.4 Å². The Balaban J connectivity index is 1.62. The van der Waals surface area contributed by atoms with Gasteiger partial charge >= 0.3 is 0 Å². The van der Waals surface area contributed by atoms with Gasteiger partial charge in [-0.3, -0.25) is 9.59 Å². The SMILES string of the molecule is COc1ccc(C(=O)Nc2cccc3c(=O)n(CC4(O)CCCCC4)ccc23)cc1C. The molecule has 0 aliphatic heterocycles. The van der Waals surface area contributed by atoms with Crippen LogP contribution in [-0.4, -0.2) is 28.3 Å². The number of hydrogen-bond acceptors (Lipinski definition) is 4. The lowest BCUT2D eigenvalue weighted by molar-refractivity contribution is -0.0121. The van der Waals surface area contributed by atoms with Gasteiger partial charge in [-0.1, -0.05) is 25.3 Å². The van der Waals surface area contributed by atoms with Gasteiger partial charge in [0.2, 0.25) is 0 Å². The predicted molar refractivity (Wildman–Crippen MR) is 122 cm³/mol. The average molecular weight is 421 g/mol. The Bertz CT molecular complexity index is 1180. The van der Waals surface area contributed by atoms with Crippen LogP contribution in [0.15, 0.2) is 53.5 Å². The molecule has 4 rings (SSSR count). The zero-order valence-corrected chi connectivity index (χ0v) is 18.0. The number of hydrogen-bond donors (Lipinski definition) is 2. The van der Waals surface area contributed by atoms with E-state index in [-0.39, 0.29) is 11.5 Å². The number of carbonyl (C=O) groups excluding carboxylic acids is 1. The molecule has 2 aromatic carbocycles. The number of ether oxygens (including phenoxy) is 1. The maximum atomic E-state index is 13.1. The van der Waals surface area contributed by atoms with Crippen LogP contribution in [0.4, 0.5) is 5.69 Å². The number of amides is 1. The summed E-state index contributed by atoms with van der Waals surface area (Å²) in [6.07, 6.45) is 6.25. The van der Waals surface area contributed by atoms with E-state index in [0.29, 0.717) is 28.6 Å². The first kappa shape index (κ1) is 21.1. The zero-order chi connectivity index (χ0) is 22.0. The van der Waals surface area contributed by atoms with Crippen LogP contribution < -0.4 is 15.6 Å². The van der Waals surface area contributed by atoms with Gasteiger partial charge in [-0.25, -0.2) is 0 Å². The molecule has 0 radical (unpaired) electrons. The van der Waals surface area contributed by atoms with Gasteiger partial charge in [-0.05, 0) is 61.7 Å². The number of nitrogens with one attached hydrogen (secondary N) is 1. The minimum absolute atomic E-state index is 0.159. The van der Waals surface area contributed by atoms with Crippen LogP contribution in [0.5, 0.6) is 5.75 Å².